The average molecular weight is 397 g/mol. The van der Waals surface area contributed by atoms with E-state index in [1.54, 1.807) is 18.2 Å². The van der Waals surface area contributed by atoms with Gasteiger partial charge in [-0.2, -0.15) is 0 Å². The molecule has 5 nitrogen and oxygen atoms in total. The Morgan fingerprint density at radius 3 is 2.33 bits per heavy atom. The summed E-state index contributed by atoms with van der Waals surface area (Å²) in [6, 6.07) is 12.7. The average Bonchev–Trinajstić information content (AvgIpc) is 2.45. The number of hydrogen-bond acceptors (Lipinski definition) is 3. The number of rotatable bonds is 4. The highest BCUT2D eigenvalue weighted by molar-refractivity contribution is 14.1. The molecule has 0 heterocycles. The monoisotopic (exact) mass is 397 g/mol. The summed E-state index contributed by atoms with van der Waals surface area (Å²) in [4.78, 5) is 24.7. The van der Waals surface area contributed by atoms with Crippen LogP contribution in [0.4, 0.5) is 5.69 Å². The number of phenols is 1. The predicted octanol–water partition coefficient (Wildman–Crippen LogP) is 2.73. The van der Waals surface area contributed by atoms with Crippen LogP contribution in [-0.2, 0) is 4.79 Å². The maximum absolute atomic E-state index is 12.5. The second-order valence-electron chi connectivity index (χ2n) is 4.31. The molecular formula is C15H12INO4. The van der Waals surface area contributed by atoms with E-state index in [2.05, 4.69) is 22.6 Å². The first-order chi connectivity index (χ1) is 9.97. The van der Waals surface area contributed by atoms with Gasteiger partial charge in [-0.1, -0.05) is 6.07 Å². The topological polar surface area (TPSA) is 77.8 Å². The molecule has 0 radical (unpaired) electrons. The van der Waals surface area contributed by atoms with E-state index in [0.29, 0.717) is 11.3 Å². The number of anilines is 1. The minimum Gasteiger partial charge on any atom is -0.508 e. The minimum absolute atomic E-state index is 0.0516. The van der Waals surface area contributed by atoms with Crippen LogP contribution >= 0.6 is 22.6 Å². The fourth-order valence-corrected chi connectivity index (χ4v) is 2.37. The fraction of sp³-hybridized carbons (Fsp3) is 0.0667. The maximum Gasteiger partial charge on any atom is 0.323 e. The van der Waals surface area contributed by atoms with E-state index in [9.17, 15) is 14.7 Å². The second-order valence-corrected chi connectivity index (χ2v) is 5.56. The molecule has 2 aromatic carbocycles. The lowest BCUT2D eigenvalue weighted by atomic mass is 10.1. The van der Waals surface area contributed by atoms with Crippen LogP contribution in [0.5, 0.6) is 5.75 Å². The highest BCUT2D eigenvalue weighted by atomic mass is 127. The maximum atomic E-state index is 12.5. The van der Waals surface area contributed by atoms with E-state index in [-0.39, 0.29) is 5.75 Å². The first kappa shape index (κ1) is 15.3. The molecule has 0 spiro atoms. The molecule has 0 aliphatic rings. The van der Waals surface area contributed by atoms with E-state index in [1.165, 1.54) is 24.3 Å². The van der Waals surface area contributed by atoms with Gasteiger partial charge < -0.3 is 10.2 Å². The SMILES string of the molecule is O=C(O)CN(C(=O)c1cccc(I)c1)c1ccc(O)cc1. The highest BCUT2D eigenvalue weighted by Gasteiger charge is 2.20. The summed E-state index contributed by atoms with van der Waals surface area (Å²) in [6.07, 6.45) is 0. The standard InChI is InChI=1S/C15H12INO4/c16-11-3-1-2-10(8-11)15(21)17(9-14(19)20)12-4-6-13(18)7-5-12/h1-8,18H,9H2,(H,19,20). The molecule has 108 valence electrons. The molecule has 6 heteroatoms. The zero-order valence-corrected chi connectivity index (χ0v) is 13.0. The van der Waals surface area contributed by atoms with E-state index >= 15 is 0 Å². The van der Waals surface area contributed by atoms with Crippen molar-refractivity contribution in [3.8, 4) is 5.75 Å². The fourth-order valence-electron chi connectivity index (χ4n) is 1.83. The number of halogens is 1. The van der Waals surface area contributed by atoms with Gasteiger partial charge in [0.15, 0.2) is 0 Å². The first-order valence-electron chi connectivity index (χ1n) is 6.05. The number of aromatic hydroxyl groups is 1. The van der Waals surface area contributed by atoms with E-state index in [4.69, 9.17) is 5.11 Å². The molecule has 2 aromatic rings. The summed E-state index contributed by atoms with van der Waals surface area (Å²) in [7, 11) is 0. The number of carboxylic acid groups (broad SMARTS) is 1. The van der Waals surface area contributed by atoms with Gasteiger partial charge in [0.25, 0.3) is 5.91 Å². The molecule has 0 atom stereocenters. The van der Waals surface area contributed by atoms with Gasteiger partial charge in [0.1, 0.15) is 12.3 Å². The van der Waals surface area contributed by atoms with Crippen LogP contribution in [0.3, 0.4) is 0 Å². The Balaban J connectivity index is 2.38. The van der Waals surface area contributed by atoms with Crippen molar-refractivity contribution in [2.24, 2.45) is 0 Å². The van der Waals surface area contributed by atoms with Crippen LogP contribution in [0.2, 0.25) is 0 Å². The van der Waals surface area contributed by atoms with Crippen molar-refractivity contribution in [2.75, 3.05) is 11.4 Å². The number of nitrogens with zero attached hydrogens (tertiary/aromatic N) is 1. The summed E-state index contributed by atoms with van der Waals surface area (Å²) >= 11 is 2.09. The number of amides is 1. The zero-order chi connectivity index (χ0) is 15.4. The van der Waals surface area contributed by atoms with Crippen molar-refractivity contribution in [3.63, 3.8) is 0 Å². The molecule has 0 aliphatic heterocycles. The van der Waals surface area contributed by atoms with Gasteiger partial charge in [0.05, 0.1) is 0 Å². The Morgan fingerprint density at radius 1 is 1.10 bits per heavy atom. The van der Waals surface area contributed by atoms with Crippen LogP contribution < -0.4 is 4.90 Å². The molecular weight excluding hydrogens is 385 g/mol. The Labute approximate surface area is 135 Å². The third kappa shape index (κ3) is 3.94. The van der Waals surface area contributed by atoms with Gasteiger partial charge in [0, 0.05) is 14.8 Å². The minimum atomic E-state index is -1.11. The van der Waals surface area contributed by atoms with Gasteiger partial charge in [-0.15, -0.1) is 0 Å². The molecule has 21 heavy (non-hydrogen) atoms. The first-order valence-corrected chi connectivity index (χ1v) is 7.13. The molecule has 0 saturated heterocycles. The van der Waals surface area contributed by atoms with Gasteiger partial charge in [-0.25, -0.2) is 0 Å². The Hall–Kier alpha value is -2.09. The quantitative estimate of drug-likeness (QED) is 0.778. The molecule has 0 bridgehead atoms. The summed E-state index contributed by atoms with van der Waals surface area (Å²) < 4.78 is 0.888. The lowest BCUT2D eigenvalue weighted by Crippen LogP contribution is -2.35. The van der Waals surface area contributed by atoms with Crippen LogP contribution in [-0.4, -0.2) is 28.6 Å². The number of carbonyl (C=O) groups is 2. The van der Waals surface area contributed by atoms with Crippen molar-refractivity contribution in [3.05, 3.63) is 57.7 Å². The molecule has 0 saturated carbocycles. The molecule has 0 aliphatic carbocycles. The predicted molar refractivity (Wildman–Crippen MR) is 86.6 cm³/mol. The second kappa shape index (κ2) is 6.57. The molecule has 0 unspecified atom stereocenters. The van der Waals surface area contributed by atoms with Crippen molar-refractivity contribution in [2.45, 2.75) is 0 Å². The van der Waals surface area contributed by atoms with Crippen LogP contribution in [0.25, 0.3) is 0 Å². The Bertz CT molecular complexity index is 670. The molecule has 2 N–H and O–H groups in total. The summed E-state index contributed by atoms with van der Waals surface area (Å²) in [5.41, 5.74) is 0.829. The van der Waals surface area contributed by atoms with E-state index < -0.39 is 18.4 Å². The van der Waals surface area contributed by atoms with Crippen LogP contribution in [0.15, 0.2) is 48.5 Å². The van der Waals surface area contributed by atoms with E-state index in [1.807, 2.05) is 6.07 Å². The number of carboxylic acids is 1. The third-order valence-corrected chi connectivity index (χ3v) is 3.44. The highest BCUT2D eigenvalue weighted by Crippen LogP contribution is 2.21. The third-order valence-electron chi connectivity index (χ3n) is 2.77. The molecule has 0 aromatic heterocycles. The Kier molecular flexibility index (Phi) is 4.79. The zero-order valence-electron chi connectivity index (χ0n) is 10.9. The normalized spacial score (nSPS) is 10.1. The lowest BCUT2D eigenvalue weighted by Gasteiger charge is -2.21. The van der Waals surface area contributed by atoms with Crippen LogP contribution in [0, 0.1) is 3.57 Å². The summed E-state index contributed by atoms with van der Waals surface area (Å²) in [5, 5.41) is 18.3. The lowest BCUT2D eigenvalue weighted by molar-refractivity contribution is -0.135. The number of phenolic OH excluding ortho intramolecular Hbond substituents is 1. The van der Waals surface area contributed by atoms with Gasteiger partial charge in [0.2, 0.25) is 0 Å². The Morgan fingerprint density at radius 2 is 1.76 bits per heavy atom. The molecule has 2 rings (SSSR count). The number of hydrogen-bond donors (Lipinski definition) is 2. The van der Waals surface area contributed by atoms with Crippen molar-refractivity contribution >= 4 is 40.2 Å². The van der Waals surface area contributed by atoms with Gasteiger partial charge in [-0.05, 0) is 65.1 Å². The van der Waals surface area contributed by atoms with Crippen LogP contribution in [0.1, 0.15) is 10.4 Å². The van der Waals surface area contributed by atoms with Crippen molar-refractivity contribution in [1.29, 1.82) is 0 Å². The van der Waals surface area contributed by atoms with Crippen molar-refractivity contribution in [1.82, 2.24) is 0 Å². The number of benzene rings is 2. The molecule has 1 amide bonds. The van der Waals surface area contributed by atoms with E-state index in [0.717, 1.165) is 8.47 Å². The van der Waals surface area contributed by atoms with Gasteiger partial charge >= 0.3 is 5.97 Å². The molecule has 0 fully saturated rings. The smallest absolute Gasteiger partial charge is 0.323 e. The number of carbonyl (C=O) groups excluding carboxylic acids is 1. The largest absolute Gasteiger partial charge is 0.508 e. The summed E-state index contributed by atoms with van der Waals surface area (Å²) in [5.74, 6) is -1.46. The van der Waals surface area contributed by atoms with Crippen molar-refractivity contribution < 1.29 is 19.8 Å². The number of aliphatic carboxylic acids is 1. The summed E-state index contributed by atoms with van der Waals surface area (Å²) in [6.45, 7) is -0.449. The van der Waals surface area contributed by atoms with Gasteiger partial charge in [-0.3, -0.25) is 14.5 Å².